The van der Waals surface area contributed by atoms with Crippen molar-refractivity contribution >= 4 is 34.1 Å². The van der Waals surface area contributed by atoms with Gasteiger partial charge in [0.05, 0.1) is 22.3 Å². The van der Waals surface area contributed by atoms with E-state index in [1.807, 2.05) is 18.2 Å². The molecule has 200 valence electrons. The van der Waals surface area contributed by atoms with Gasteiger partial charge in [0.25, 0.3) is 0 Å². The highest BCUT2D eigenvalue weighted by atomic mass is 32.2. The second kappa shape index (κ2) is 11.4. The molecule has 0 bridgehead atoms. The number of hydrogen-bond donors (Lipinski definition) is 0. The predicted octanol–water partition coefficient (Wildman–Crippen LogP) is 4.74. The molecular formula is C24H43N3O5S2Si. The minimum absolute atomic E-state index is 0.0875. The zero-order chi connectivity index (χ0) is 26.7. The maximum atomic E-state index is 14.4. The average Bonchev–Trinajstić information content (AvgIpc) is 2.79. The van der Waals surface area contributed by atoms with Gasteiger partial charge in [0, 0.05) is 26.2 Å². The number of esters is 1. The van der Waals surface area contributed by atoms with Gasteiger partial charge in [-0.05, 0) is 62.2 Å². The van der Waals surface area contributed by atoms with E-state index in [1.54, 1.807) is 19.1 Å². The van der Waals surface area contributed by atoms with E-state index < -0.39 is 34.1 Å². The number of sulfonamides is 1. The Kier molecular flexibility index (Phi) is 9.77. The molecule has 0 aromatic heterocycles. The number of ether oxygens (including phenoxy) is 1. The zero-order valence-electron chi connectivity index (χ0n) is 22.5. The van der Waals surface area contributed by atoms with E-state index >= 15 is 0 Å². The van der Waals surface area contributed by atoms with Gasteiger partial charge in [0.15, 0.2) is 8.24 Å². The highest BCUT2D eigenvalue weighted by molar-refractivity contribution is 7.92. The van der Waals surface area contributed by atoms with Crippen LogP contribution in [0.1, 0.15) is 54.4 Å². The molecule has 0 radical (unpaired) electrons. The fraction of sp³-hybridized carbons (Fsp3) is 0.708. The van der Waals surface area contributed by atoms with Crippen molar-refractivity contribution in [3.8, 4) is 0 Å². The molecule has 0 saturated carbocycles. The second-order valence-electron chi connectivity index (χ2n) is 10.4. The summed E-state index contributed by atoms with van der Waals surface area (Å²) in [6.07, 6.45) is 1.21. The van der Waals surface area contributed by atoms with Crippen LogP contribution in [0.4, 0.5) is 0 Å². The Bertz CT molecular complexity index is 1100. The zero-order valence-corrected chi connectivity index (χ0v) is 25.2. The summed E-state index contributed by atoms with van der Waals surface area (Å²) >= 11 is 0. The Hall–Kier alpha value is -1.27. The van der Waals surface area contributed by atoms with Crippen molar-refractivity contribution in [3.63, 3.8) is 0 Å². The molecular weight excluding hydrogens is 503 g/mol. The number of hydrogen-bond acceptors (Lipinski definition) is 6. The van der Waals surface area contributed by atoms with Crippen molar-refractivity contribution in [2.75, 3.05) is 32.8 Å². The Labute approximate surface area is 213 Å². The maximum Gasteiger partial charge on any atom is 0.310 e. The smallest absolute Gasteiger partial charge is 0.310 e. The molecule has 2 rings (SSSR count). The number of nitrogens with zero attached hydrogens (tertiary/aromatic N) is 3. The van der Waals surface area contributed by atoms with Gasteiger partial charge in [-0.25, -0.2) is 16.9 Å². The SMILES string of the molecule is CCOC(=O)[C@@H]1CCCN(S(=O)(=O)c2ccc(S(=O)(=N[Si](C)(C)C(C)(C)C)N(CC)CC)cc2)C1. The Balaban J connectivity index is 2.47. The van der Waals surface area contributed by atoms with Gasteiger partial charge < -0.3 is 4.74 Å². The first-order valence-corrected chi connectivity index (χ1v) is 18.3. The van der Waals surface area contributed by atoms with E-state index in [4.69, 9.17) is 8.77 Å². The van der Waals surface area contributed by atoms with Crippen molar-refractivity contribution < 1.29 is 22.2 Å². The number of carbonyl (C=O) groups is 1. The first-order valence-electron chi connectivity index (χ1n) is 12.4. The summed E-state index contributed by atoms with van der Waals surface area (Å²) in [5.41, 5.74) is 0. The minimum atomic E-state index is -3.80. The molecule has 1 unspecified atom stereocenters. The first kappa shape index (κ1) is 30.0. The van der Waals surface area contributed by atoms with Crippen LogP contribution in [-0.4, -0.2) is 68.2 Å². The largest absolute Gasteiger partial charge is 0.466 e. The Morgan fingerprint density at radius 1 is 1.09 bits per heavy atom. The predicted molar refractivity (Wildman–Crippen MR) is 144 cm³/mol. The Morgan fingerprint density at radius 2 is 1.63 bits per heavy atom. The average molecular weight is 546 g/mol. The molecule has 2 atom stereocenters. The summed E-state index contributed by atoms with van der Waals surface area (Å²) in [6, 6.07) is 6.31. The molecule has 1 aliphatic heterocycles. The van der Waals surface area contributed by atoms with E-state index in [9.17, 15) is 17.4 Å². The van der Waals surface area contributed by atoms with Crippen molar-refractivity contribution in [2.45, 2.75) is 82.3 Å². The van der Waals surface area contributed by atoms with Gasteiger partial charge in [0.1, 0.15) is 9.92 Å². The van der Waals surface area contributed by atoms with Gasteiger partial charge >= 0.3 is 5.97 Å². The summed E-state index contributed by atoms with van der Waals surface area (Å²) in [6.45, 7) is 18.1. The number of benzene rings is 1. The van der Waals surface area contributed by atoms with Crippen LogP contribution in [0.3, 0.4) is 0 Å². The lowest BCUT2D eigenvalue weighted by molar-refractivity contribution is -0.149. The number of carbonyl (C=O) groups excluding carboxylic acids is 1. The van der Waals surface area contributed by atoms with Crippen LogP contribution in [0.25, 0.3) is 0 Å². The third kappa shape index (κ3) is 6.54. The van der Waals surface area contributed by atoms with Crippen molar-refractivity contribution in [3.05, 3.63) is 24.3 Å². The summed E-state index contributed by atoms with van der Waals surface area (Å²) in [5, 5.41) is -0.0875. The fourth-order valence-electron chi connectivity index (χ4n) is 3.83. The molecule has 1 aromatic carbocycles. The molecule has 11 heteroatoms. The minimum Gasteiger partial charge on any atom is -0.466 e. The summed E-state index contributed by atoms with van der Waals surface area (Å²) in [7, 11) is -8.99. The Morgan fingerprint density at radius 3 is 2.11 bits per heavy atom. The van der Waals surface area contributed by atoms with Crippen molar-refractivity contribution in [2.24, 2.45) is 9.95 Å². The summed E-state index contributed by atoms with van der Waals surface area (Å²) in [5.74, 6) is -0.809. The van der Waals surface area contributed by atoms with Gasteiger partial charge in [-0.15, -0.1) is 0 Å². The third-order valence-electron chi connectivity index (χ3n) is 7.02. The lowest BCUT2D eigenvalue weighted by atomic mass is 10.0. The molecule has 0 spiro atoms. The monoisotopic (exact) mass is 545 g/mol. The highest BCUT2D eigenvalue weighted by Crippen LogP contribution is 2.39. The fourth-order valence-corrected chi connectivity index (χ4v) is 11.3. The van der Waals surface area contributed by atoms with Crippen LogP contribution >= 0.6 is 0 Å². The molecule has 1 heterocycles. The topological polar surface area (TPSA) is 96.3 Å². The van der Waals surface area contributed by atoms with Crippen molar-refractivity contribution in [1.29, 1.82) is 0 Å². The molecule has 8 nitrogen and oxygen atoms in total. The van der Waals surface area contributed by atoms with Crippen LogP contribution in [0.2, 0.25) is 18.1 Å². The maximum absolute atomic E-state index is 14.4. The molecule has 0 aliphatic carbocycles. The third-order valence-corrected chi connectivity index (χ3v) is 17.5. The van der Waals surface area contributed by atoms with Crippen LogP contribution in [0.15, 0.2) is 38.1 Å². The molecule has 35 heavy (non-hydrogen) atoms. The van der Waals surface area contributed by atoms with Crippen molar-refractivity contribution in [1.82, 2.24) is 8.61 Å². The quantitative estimate of drug-likeness (QED) is 0.330. The van der Waals surface area contributed by atoms with E-state index in [0.717, 1.165) is 0 Å². The summed E-state index contributed by atoms with van der Waals surface area (Å²) in [4.78, 5) is 12.8. The molecule has 1 saturated heterocycles. The summed E-state index contributed by atoms with van der Waals surface area (Å²) < 4.78 is 54.5. The molecule has 0 amide bonds. The van der Waals surface area contributed by atoms with E-state index in [1.165, 1.54) is 16.4 Å². The van der Waals surface area contributed by atoms with E-state index in [2.05, 4.69) is 33.9 Å². The van der Waals surface area contributed by atoms with E-state index in [-0.39, 0.29) is 29.1 Å². The first-order chi connectivity index (χ1) is 16.1. The number of piperidine rings is 1. The van der Waals surface area contributed by atoms with Gasteiger partial charge in [-0.2, -0.15) is 4.31 Å². The van der Waals surface area contributed by atoms with Crippen LogP contribution < -0.4 is 0 Å². The van der Waals surface area contributed by atoms with Crippen LogP contribution in [0.5, 0.6) is 0 Å². The van der Waals surface area contributed by atoms with Gasteiger partial charge in [-0.3, -0.25) is 8.82 Å². The molecule has 0 N–H and O–H groups in total. The van der Waals surface area contributed by atoms with Gasteiger partial charge in [0.2, 0.25) is 10.0 Å². The molecule has 1 fully saturated rings. The highest BCUT2D eigenvalue weighted by Gasteiger charge is 2.39. The normalized spacial score (nSPS) is 19.9. The lowest BCUT2D eigenvalue weighted by Crippen LogP contribution is -2.42. The van der Waals surface area contributed by atoms with Crippen LogP contribution in [-0.2, 0) is 29.5 Å². The van der Waals surface area contributed by atoms with E-state index in [0.29, 0.717) is 37.4 Å². The van der Waals surface area contributed by atoms with Gasteiger partial charge in [-0.1, -0.05) is 34.6 Å². The lowest BCUT2D eigenvalue weighted by Gasteiger charge is -2.35. The second-order valence-corrected chi connectivity index (χ2v) is 19.7. The standard InChI is InChI=1S/C24H43N3O5S2Si/c1-9-26(10-2)33(29,25-35(7,8)24(4,5)6)21-14-16-22(17-15-21)34(30,31)27-18-12-13-20(19-27)23(28)32-11-3/h14-17,20H,9-13,18-19H2,1-8H3/t20-,33?/m1/s1. The number of rotatable bonds is 9. The molecule has 1 aliphatic rings. The van der Waals surface area contributed by atoms with Crippen LogP contribution in [0, 0.1) is 5.92 Å². The molecule has 1 aromatic rings.